The molecule has 108 valence electrons. The zero-order chi connectivity index (χ0) is 15.2. The molecule has 2 rings (SSSR count). The standard InChI is InChI=1S/C15H14N2O4/c1-20-14(18)11-4-2-10(3-5-11)9-21-15(19)13-7-6-12(16)8-17-13/h2-8H,9,16H2,1H3. The van der Waals surface area contributed by atoms with Gasteiger partial charge in [0.2, 0.25) is 0 Å². The highest BCUT2D eigenvalue weighted by Crippen LogP contribution is 2.09. The van der Waals surface area contributed by atoms with Crippen LogP contribution in [-0.2, 0) is 16.1 Å². The van der Waals surface area contributed by atoms with Gasteiger partial charge >= 0.3 is 11.9 Å². The third-order valence-corrected chi connectivity index (χ3v) is 2.74. The fourth-order valence-corrected chi connectivity index (χ4v) is 1.60. The average Bonchev–Trinajstić information content (AvgIpc) is 2.53. The minimum atomic E-state index is -0.535. The van der Waals surface area contributed by atoms with Crippen LogP contribution in [0.25, 0.3) is 0 Å². The van der Waals surface area contributed by atoms with Crippen LogP contribution in [0.3, 0.4) is 0 Å². The third kappa shape index (κ3) is 3.79. The molecule has 2 N–H and O–H groups in total. The number of carbonyl (C=O) groups is 2. The second kappa shape index (κ2) is 6.51. The number of nitrogen functional groups attached to an aromatic ring is 1. The predicted molar refractivity (Wildman–Crippen MR) is 75.6 cm³/mol. The van der Waals surface area contributed by atoms with Crippen LogP contribution in [0.5, 0.6) is 0 Å². The summed E-state index contributed by atoms with van der Waals surface area (Å²) in [6.07, 6.45) is 1.39. The van der Waals surface area contributed by atoms with Crippen molar-refractivity contribution in [1.82, 2.24) is 4.98 Å². The van der Waals surface area contributed by atoms with E-state index in [1.165, 1.54) is 19.4 Å². The molecule has 1 heterocycles. The Morgan fingerprint density at radius 3 is 2.38 bits per heavy atom. The molecule has 0 aliphatic heterocycles. The van der Waals surface area contributed by atoms with Crippen LogP contribution in [0.2, 0.25) is 0 Å². The third-order valence-electron chi connectivity index (χ3n) is 2.74. The number of anilines is 1. The molecular weight excluding hydrogens is 272 g/mol. The summed E-state index contributed by atoms with van der Waals surface area (Å²) in [5.74, 6) is -0.948. The second-order valence-corrected chi connectivity index (χ2v) is 4.24. The van der Waals surface area contributed by atoms with Gasteiger partial charge in [-0.05, 0) is 29.8 Å². The molecule has 0 aliphatic carbocycles. The van der Waals surface area contributed by atoms with Gasteiger partial charge in [-0.1, -0.05) is 12.1 Å². The Labute approximate surface area is 121 Å². The van der Waals surface area contributed by atoms with Crippen molar-refractivity contribution in [3.63, 3.8) is 0 Å². The van der Waals surface area contributed by atoms with E-state index in [-0.39, 0.29) is 12.3 Å². The lowest BCUT2D eigenvalue weighted by molar-refractivity contribution is 0.0464. The summed E-state index contributed by atoms with van der Waals surface area (Å²) in [4.78, 5) is 26.9. The topological polar surface area (TPSA) is 91.5 Å². The van der Waals surface area contributed by atoms with E-state index in [1.807, 2.05) is 0 Å². The molecule has 1 aromatic heterocycles. The van der Waals surface area contributed by atoms with Crippen LogP contribution in [0.15, 0.2) is 42.6 Å². The number of rotatable bonds is 4. The lowest BCUT2D eigenvalue weighted by Gasteiger charge is -2.05. The first-order valence-electron chi connectivity index (χ1n) is 6.16. The quantitative estimate of drug-likeness (QED) is 0.862. The van der Waals surface area contributed by atoms with Gasteiger partial charge in [0.15, 0.2) is 0 Å². The molecular formula is C15H14N2O4. The molecule has 0 atom stereocenters. The number of ether oxygens (including phenoxy) is 2. The molecule has 0 saturated heterocycles. The number of aromatic nitrogens is 1. The second-order valence-electron chi connectivity index (χ2n) is 4.24. The summed E-state index contributed by atoms with van der Waals surface area (Å²) in [6.45, 7) is 0.0896. The summed E-state index contributed by atoms with van der Waals surface area (Å²) in [5, 5.41) is 0. The number of hydrogen-bond acceptors (Lipinski definition) is 6. The Morgan fingerprint density at radius 2 is 1.81 bits per heavy atom. The molecule has 0 fully saturated rings. The smallest absolute Gasteiger partial charge is 0.357 e. The van der Waals surface area contributed by atoms with Gasteiger partial charge in [-0.3, -0.25) is 0 Å². The molecule has 1 aromatic carbocycles. The van der Waals surface area contributed by atoms with Crippen molar-refractivity contribution >= 4 is 17.6 Å². The molecule has 2 aromatic rings. The largest absolute Gasteiger partial charge is 0.465 e. The minimum Gasteiger partial charge on any atom is -0.465 e. The molecule has 0 amide bonds. The lowest BCUT2D eigenvalue weighted by atomic mass is 10.1. The number of nitrogens with zero attached hydrogens (tertiary/aromatic N) is 1. The monoisotopic (exact) mass is 286 g/mol. The molecule has 0 radical (unpaired) electrons. The zero-order valence-corrected chi connectivity index (χ0v) is 11.4. The fraction of sp³-hybridized carbons (Fsp3) is 0.133. The Morgan fingerprint density at radius 1 is 1.10 bits per heavy atom. The maximum atomic E-state index is 11.8. The van der Waals surface area contributed by atoms with Crippen molar-refractivity contribution < 1.29 is 19.1 Å². The van der Waals surface area contributed by atoms with E-state index in [9.17, 15) is 9.59 Å². The van der Waals surface area contributed by atoms with Crippen LogP contribution in [-0.4, -0.2) is 24.0 Å². The lowest BCUT2D eigenvalue weighted by Crippen LogP contribution is -2.08. The Bertz CT molecular complexity index is 636. The predicted octanol–water partition coefficient (Wildman–Crippen LogP) is 1.81. The van der Waals surface area contributed by atoms with Crippen molar-refractivity contribution in [2.45, 2.75) is 6.61 Å². The number of nitrogens with two attached hydrogens (primary N) is 1. The highest BCUT2D eigenvalue weighted by Gasteiger charge is 2.09. The summed E-state index contributed by atoms with van der Waals surface area (Å²) in [7, 11) is 1.32. The van der Waals surface area contributed by atoms with Gasteiger partial charge in [-0.15, -0.1) is 0 Å². The van der Waals surface area contributed by atoms with Crippen molar-refractivity contribution in [3.8, 4) is 0 Å². The van der Waals surface area contributed by atoms with E-state index in [1.54, 1.807) is 30.3 Å². The van der Waals surface area contributed by atoms with Gasteiger partial charge < -0.3 is 15.2 Å². The van der Waals surface area contributed by atoms with E-state index in [2.05, 4.69) is 9.72 Å². The number of carbonyl (C=O) groups excluding carboxylic acids is 2. The van der Waals surface area contributed by atoms with Crippen molar-refractivity contribution in [1.29, 1.82) is 0 Å². The number of methoxy groups -OCH3 is 1. The molecule has 0 unspecified atom stereocenters. The van der Waals surface area contributed by atoms with Crippen molar-refractivity contribution in [3.05, 3.63) is 59.4 Å². The SMILES string of the molecule is COC(=O)c1ccc(COC(=O)c2ccc(N)cn2)cc1. The number of pyridine rings is 1. The number of benzene rings is 1. The fourth-order valence-electron chi connectivity index (χ4n) is 1.60. The highest BCUT2D eigenvalue weighted by atomic mass is 16.5. The summed E-state index contributed by atoms with van der Waals surface area (Å²) in [6, 6.07) is 9.67. The first kappa shape index (κ1) is 14.5. The minimum absolute atomic E-state index is 0.0896. The molecule has 21 heavy (non-hydrogen) atoms. The Hall–Kier alpha value is -2.89. The maximum absolute atomic E-state index is 11.8. The highest BCUT2D eigenvalue weighted by molar-refractivity contribution is 5.89. The van der Waals surface area contributed by atoms with Gasteiger partial charge in [0, 0.05) is 0 Å². The Balaban J connectivity index is 1.95. The van der Waals surface area contributed by atoms with Crippen LogP contribution in [0.1, 0.15) is 26.4 Å². The van der Waals surface area contributed by atoms with Crippen molar-refractivity contribution in [2.24, 2.45) is 0 Å². The van der Waals surface area contributed by atoms with Gasteiger partial charge in [0.1, 0.15) is 12.3 Å². The van der Waals surface area contributed by atoms with Crippen LogP contribution < -0.4 is 5.73 Å². The Kier molecular flexibility index (Phi) is 4.50. The maximum Gasteiger partial charge on any atom is 0.357 e. The van der Waals surface area contributed by atoms with E-state index in [0.717, 1.165) is 5.56 Å². The van der Waals surface area contributed by atoms with E-state index >= 15 is 0 Å². The van der Waals surface area contributed by atoms with E-state index in [0.29, 0.717) is 11.3 Å². The van der Waals surface area contributed by atoms with Crippen LogP contribution in [0.4, 0.5) is 5.69 Å². The summed E-state index contributed by atoms with van der Waals surface area (Å²) in [5.41, 5.74) is 7.35. The molecule has 6 nitrogen and oxygen atoms in total. The van der Waals surface area contributed by atoms with E-state index < -0.39 is 11.9 Å². The zero-order valence-electron chi connectivity index (χ0n) is 11.4. The van der Waals surface area contributed by atoms with Gasteiger partial charge in [0.05, 0.1) is 24.6 Å². The molecule has 0 saturated carbocycles. The van der Waals surface area contributed by atoms with E-state index in [4.69, 9.17) is 10.5 Å². The average molecular weight is 286 g/mol. The van der Waals surface area contributed by atoms with Crippen LogP contribution >= 0.6 is 0 Å². The summed E-state index contributed by atoms with van der Waals surface area (Å²) < 4.78 is 9.72. The van der Waals surface area contributed by atoms with Crippen molar-refractivity contribution in [2.75, 3.05) is 12.8 Å². The molecule has 0 spiro atoms. The van der Waals surface area contributed by atoms with Crippen LogP contribution in [0, 0.1) is 0 Å². The first-order valence-corrected chi connectivity index (χ1v) is 6.16. The summed E-state index contributed by atoms with van der Waals surface area (Å²) >= 11 is 0. The molecule has 0 aliphatic rings. The first-order chi connectivity index (χ1) is 10.1. The molecule has 0 bridgehead atoms. The molecule has 6 heteroatoms. The normalized spacial score (nSPS) is 9.95. The van der Waals surface area contributed by atoms with Gasteiger partial charge in [-0.2, -0.15) is 0 Å². The van der Waals surface area contributed by atoms with Gasteiger partial charge in [0.25, 0.3) is 0 Å². The number of hydrogen-bond donors (Lipinski definition) is 1. The van der Waals surface area contributed by atoms with Gasteiger partial charge in [-0.25, -0.2) is 14.6 Å². The number of esters is 2.